The van der Waals surface area contributed by atoms with Crippen molar-refractivity contribution in [1.29, 1.82) is 0 Å². The molecule has 2 atom stereocenters. The molecule has 31 heavy (non-hydrogen) atoms. The number of likely N-dealkylation sites (tertiary alicyclic amines) is 1. The average Bonchev–Trinajstić information content (AvgIpc) is 3.06. The fourth-order valence-electron chi connectivity index (χ4n) is 4.20. The Hall–Kier alpha value is -3.00. The Morgan fingerprint density at radius 2 is 1.84 bits per heavy atom. The van der Waals surface area contributed by atoms with Gasteiger partial charge in [-0.3, -0.25) is 24.3 Å². The van der Waals surface area contributed by atoms with E-state index in [1.54, 1.807) is 7.05 Å². The van der Waals surface area contributed by atoms with Gasteiger partial charge in [0.15, 0.2) is 0 Å². The Kier molecular flexibility index (Phi) is 8.50. The lowest BCUT2D eigenvalue weighted by atomic mass is 10.0. The summed E-state index contributed by atoms with van der Waals surface area (Å²) in [6, 6.07) is 6.47. The number of aryl methyl sites for hydroxylation is 3. The van der Waals surface area contributed by atoms with Crippen molar-refractivity contribution in [2.45, 2.75) is 52.1 Å². The Morgan fingerprint density at radius 1 is 1.19 bits per heavy atom. The van der Waals surface area contributed by atoms with E-state index in [2.05, 4.69) is 26.6 Å². The first-order valence-corrected chi connectivity index (χ1v) is 10.4. The Balaban J connectivity index is 0.00000107. The van der Waals surface area contributed by atoms with E-state index in [0.717, 1.165) is 40.6 Å². The molecule has 1 aromatic heterocycles. The van der Waals surface area contributed by atoms with Gasteiger partial charge in [0.1, 0.15) is 0 Å². The monoisotopic (exact) mass is 428 g/mol. The zero-order chi connectivity index (χ0) is 23.1. The summed E-state index contributed by atoms with van der Waals surface area (Å²) in [5, 5.41) is 13.6. The summed E-state index contributed by atoms with van der Waals surface area (Å²) >= 11 is 0. The highest BCUT2D eigenvalue weighted by Crippen LogP contribution is 2.25. The lowest BCUT2D eigenvalue weighted by Gasteiger charge is -2.25. The molecule has 1 aliphatic heterocycles. The number of amides is 2. The van der Waals surface area contributed by atoms with Crippen molar-refractivity contribution in [3.05, 3.63) is 40.6 Å². The third kappa shape index (κ3) is 6.01. The molecule has 8 nitrogen and oxygen atoms in total. The summed E-state index contributed by atoms with van der Waals surface area (Å²) in [6.07, 6.45) is 2.46. The number of rotatable bonds is 5. The normalized spacial score (nSPS) is 18.2. The average molecular weight is 429 g/mol. The molecule has 0 saturated carbocycles. The minimum atomic E-state index is -0.250. The molecule has 2 aromatic rings. The van der Waals surface area contributed by atoms with E-state index in [9.17, 15) is 9.59 Å². The van der Waals surface area contributed by atoms with Gasteiger partial charge in [-0.15, -0.1) is 0 Å². The molecular weight excluding hydrogens is 396 g/mol. The number of nitrogens with one attached hydrogen (secondary N) is 2. The van der Waals surface area contributed by atoms with Crippen molar-refractivity contribution < 1.29 is 19.5 Å². The largest absolute Gasteiger partial charge is 0.483 e. The molecule has 2 heterocycles. The van der Waals surface area contributed by atoms with E-state index in [1.807, 2.05) is 40.0 Å². The summed E-state index contributed by atoms with van der Waals surface area (Å²) in [7, 11) is 3.70. The van der Waals surface area contributed by atoms with Crippen LogP contribution in [-0.4, -0.2) is 66.0 Å². The number of nitrogens with zero attached hydrogens (tertiary/aromatic N) is 2. The van der Waals surface area contributed by atoms with Gasteiger partial charge in [0.2, 0.25) is 5.91 Å². The molecular formula is C23H32N4O4. The zero-order valence-corrected chi connectivity index (χ0v) is 18.9. The molecule has 0 radical (unpaired) electrons. The summed E-state index contributed by atoms with van der Waals surface area (Å²) < 4.78 is 0. The predicted molar refractivity (Wildman–Crippen MR) is 120 cm³/mol. The van der Waals surface area contributed by atoms with Crippen LogP contribution in [0.4, 0.5) is 0 Å². The number of pyridine rings is 1. The SMILES string of the molecule is CNC(=O)C[C@H]1CC[C@@H](CNC(=O)c2cc(C)nc3c(C)cc(C)cc23)N1C.O=CO. The van der Waals surface area contributed by atoms with Crippen LogP contribution in [0.2, 0.25) is 0 Å². The second-order valence-corrected chi connectivity index (χ2v) is 8.03. The third-order valence-electron chi connectivity index (χ3n) is 5.80. The highest BCUT2D eigenvalue weighted by molar-refractivity contribution is 6.07. The summed E-state index contributed by atoms with van der Waals surface area (Å²) in [5.41, 5.74) is 4.61. The maximum Gasteiger partial charge on any atom is 0.290 e. The molecule has 2 amide bonds. The number of carbonyl (C=O) groups is 3. The summed E-state index contributed by atoms with van der Waals surface area (Å²) in [4.78, 5) is 39.9. The van der Waals surface area contributed by atoms with Gasteiger partial charge in [-0.2, -0.15) is 0 Å². The van der Waals surface area contributed by atoms with Gasteiger partial charge >= 0.3 is 0 Å². The molecule has 0 aliphatic carbocycles. The first-order valence-electron chi connectivity index (χ1n) is 10.4. The van der Waals surface area contributed by atoms with Crippen molar-refractivity contribution >= 4 is 29.2 Å². The van der Waals surface area contributed by atoms with Gasteiger partial charge in [0.25, 0.3) is 12.4 Å². The van der Waals surface area contributed by atoms with Crippen molar-refractivity contribution in [3.63, 3.8) is 0 Å². The molecule has 1 aromatic carbocycles. The van der Waals surface area contributed by atoms with Gasteiger partial charge < -0.3 is 15.7 Å². The fraction of sp³-hybridized carbons (Fsp3) is 0.478. The highest BCUT2D eigenvalue weighted by atomic mass is 16.3. The van der Waals surface area contributed by atoms with E-state index in [4.69, 9.17) is 9.90 Å². The third-order valence-corrected chi connectivity index (χ3v) is 5.80. The van der Waals surface area contributed by atoms with Crippen LogP contribution in [0.5, 0.6) is 0 Å². The molecule has 1 saturated heterocycles. The van der Waals surface area contributed by atoms with Crippen molar-refractivity contribution in [2.24, 2.45) is 0 Å². The van der Waals surface area contributed by atoms with Gasteiger partial charge in [-0.1, -0.05) is 11.6 Å². The number of fused-ring (bicyclic) bond motifs is 1. The van der Waals surface area contributed by atoms with Gasteiger partial charge in [0.05, 0.1) is 11.1 Å². The van der Waals surface area contributed by atoms with E-state index in [-0.39, 0.29) is 30.4 Å². The topological polar surface area (TPSA) is 112 Å². The Labute approximate surface area is 183 Å². The second kappa shape index (κ2) is 10.9. The molecule has 8 heteroatoms. The van der Waals surface area contributed by atoms with Crippen LogP contribution in [-0.2, 0) is 9.59 Å². The summed E-state index contributed by atoms with van der Waals surface area (Å²) in [6.45, 7) is 6.31. The summed E-state index contributed by atoms with van der Waals surface area (Å²) in [5.74, 6) is -0.00495. The minimum Gasteiger partial charge on any atom is -0.483 e. The number of carboxylic acid groups (broad SMARTS) is 1. The maximum absolute atomic E-state index is 13.0. The molecule has 3 rings (SSSR count). The lowest BCUT2D eigenvalue weighted by molar-refractivity contribution is -0.123. The first-order chi connectivity index (χ1) is 14.7. The van der Waals surface area contributed by atoms with Crippen molar-refractivity contribution in [3.8, 4) is 0 Å². The molecule has 0 spiro atoms. The van der Waals surface area contributed by atoms with Crippen LogP contribution in [0.1, 0.15) is 46.4 Å². The smallest absolute Gasteiger partial charge is 0.290 e. The van der Waals surface area contributed by atoms with Crippen LogP contribution in [0.25, 0.3) is 10.9 Å². The molecule has 0 bridgehead atoms. The van der Waals surface area contributed by atoms with E-state index in [1.165, 1.54) is 0 Å². The van der Waals surface area contributed by atoms with Crippen LogP contribution in [0.15, 0.2) is 18.2 Å². The standard InChI is InChI=1S/C22H30N4O2.CH2O2/c1-13-8-14(2)21-18(9-13)19(10-15(3)25-21)22(28)24-12-17-7-6-16(26(17)5)11-20(27)23-4;2-1-3/h8-10,16-17H,6-7,11-12H2,1-5H3,(H,23,27)(H,24,28);1H,(H,2,3)/t16-,17+;/m1./s1. The van der Waals surface area contributed by atoms with Crippen LogP contribution in [0, 0.1) is 20.8 Å². The van der Waals surface area contributed by atoms with Gasteiger partial charge in [-0.25, -0.2) is 0 Å². The van der Waals surface area contributed by atoms with Crippen molar-refractivity contribution in [2.75, 3.05) is 20.6 Å². The van der Waals surface area contributed by atoms with E-state index in [0.29, 0.717) is 18.5 Å². The molecule has 168 valence electrons. The van der Waals surface area contributed by atoms with Gasteiger partial charge in [0, 0.05) is 43.2 Å². The lowest BCUT2D eigenvalue weighted by Crippen LogP contribution is -2.42. The molecule has 0 unspecified atom stereocenters. The van der Waals surface area contributed by atoms with E-state index >= 15 is 0 Å². The first kappa shape index (κ1) is 24.3. The predicted octanol–water partition coefficient (Wildman–Crippen LogP) is 2.19. The number of aromatic nitrogens is 1. The number of carbonyl (C=O) groups excluding carboxylic acids is 2. The fourth-order valence-corrected chi connectivity index (χ4v) is 4.20. The maximum atomic E-state index is 13.0. The van der Waals surface area contributed by atoms with E-state index < -0.39 is 0 Å². The second-order valence-electron chi connectivity index (χ2n) is 8.03. The number of hydrogen-bond acceptors (Lipinski definition) is 5. The van der Waals surface area contributed by atoms with Crippen LogP contribution in [0.3, 0.4) is 0 Å². The Bertz CT molecular complexity index is 960. The van der Waals surface area contributed by atoms with Gasteiger partial charge in [-0.05, 0) is 58.4 Å². The number of benzene rings is 1. The quantitative estimate of drug-likeness (QED) is 0.630. The molecule has 1 aliphatic rings. The number of hydrogen-bond donors (Lipinski definition) is 3. The van der Waals surface area contributed by atoms with Crippen molar-refractivity contribution in [1.82, 2.24) is 20.5 Å². The van der Waals surface area contributed by atoms with Crippen LogP contribution < -0.4 is 10.6 Å². The highest BCUT2D eigenvalue weighted by Gasteiger charge is 2.31. The zero-order valence-electron chi connectivity index (χ0n) is 18.9. The minimum absolute atomic E-state index is 0.0611. The molecule has 3 N–H and O–H groups in total. The van der Waals surface area contributed by atoms with Crippen LogP contribution >= 0.6 is 0 Å². The molecule has 1 fully saturated rings. The number of likely N-dealkylation sites (N-methyl/N-ethyl adjacent to an activating group) is 1. The Morgan fingerprint density at radius 3 is 2.48 bits per heavy atom.